The number of nitrogens with one attached hydrogen (secondary N) is 1. The molecule has 2 rings (SSSR count). The SMILES string of the molecule is O=[N+]([O-])c1ccc(Cn2cc[nH]c2=S)o1. The first-order valence-electron chi connectivity index (χ1n) is 4.14. The van der Waals surface area contributed by atoms with Crippen molar-refractivity contribution >= 4 is 18.1 Å². The summed E-state index contributed by atoms with van der Waals surface area (Å²) < 4.78 is 7.26. The molecule has 2 heterocycles. The molecule has 0 saturated heterocycles. The smallest absolute Gasteiger partial charge is 0.404 e. The van der Waals surface area contributed by atoms with Crippen LogP contribution >= 0.6 is 12.2 Å². The van der Waals surface area contributed by atoms with E-state index in [1.54, 1.807) is 23.0 Å². The van der Waals surface area contributed by atoms with E-state index in [-0.39, 0.29) is 5.88 Å². The van der Waals surface area contributed by atoms with Gasteiger partial charge in [0, 0.05) is 12.4 Å². The van der Waals surface area contributed by atoms with Crippen molar-refractivity contribution in [3.05, 3.63) is 45.2 Å². The van der Waals surface area contributed by atoms with Gasteiger partial charge in [0.1, 0.15) is 10.7 Å². The van der Waals surface area contributed by atoms with Crippen LogP contribution in [0.25, 0.3) is 0 Å². The summed E-state index contributed by atoms with van der Waals surface area (Å²) in [5, 5.41) is 10.4. The molecule has 0 spiro atoms. The molecule has 0 aromatic carbocycles. The Kier molecular flexibility index (Phi) is 2.38. The fourth-order valence-electron chi connectivity index (χ4n) is 1.19. The van der Waals surface area contributed by atoms with Crippen LogP contribution < -0.4 is 0 Å². The lowest BCUT2D eigenvalue weighted by Crippen LogP contribution is -1.96. The van der Waals surface area contributed by atoms with E-state index in [2.05, 4.69) is 4.98 Å². The summed E-state index contributed by atoms with van der Waals surface area (Å²) in [7, 11) is 0. The fourth-order valence-corrected chi connectivity index (χ4v) is 1.38. The molecule has 0 unspecified atom stereocenters. The second kappa shape index (κ2) is 3.70. The predicted molar refractivity (Wildman–Crippen MR) is 54.1 cm³/mol. The second-order valence-electron chi connectivity index (χ2n) is 2.89. The molecule has 0 aliphatic heterocycles. The van der Waals surface area contributed by atoms with E-state index < -0.39 is 4.92 Å². The van der Waals surface area contributed by atoms with Crippen LogP contribution in [-0.2, 0) is 6.54 Å². The van der Waals surface area contributed by atoms with Gasteiger partial charge in [-0.15, -0.1) is 0 Å². The minimum Gasteiger partial charge on any atom is -0.404 e. The van der Waals surface area contributed by atoms with Crippen LogP contribution in [0.15, 0.2) is 28.9 Å². The average Bonchev–Trinajstić information content (AvgIpc) is 2.77. The van der Waals surface area contributed by atoms with Gasteiger partial charge in [-0.2, -0.15) is 0 Å². The van der Waals surface area contributed by atoms with Gasteiger partial charge in [0.05, 0.1) is 12.6 Å². The molecule has 78 valence electrons. The summed E-state index contributed by atoms with van der Waals surface area (Å²) in [5.41, 5.74) is 0. The Morgan fingerprint density at radius 3 is 2.93 bits per heavy atom. The number of hydrogen-bond acceptors (Lipinski definition) is 4. The minimum absolute atomic E-state index is 0.257. The van der Waals surface area contributed by atoms with Crippen molar-refractivity contribution < 1.29 is 9.34 Å². The summed E-state index contributed by atoms with van der Waals surface area (Å²) >= 11 is 4.97. The summed E-state index contributed by atoms with van der Waals surface area (Å²) in [4.78, 5) is 12.6. The van der Waals surface area contributed by atoms with Crippen LogP contribution in [0.2, 0.25) is 0 Å². The normalized spacial score (nSPS) is 10.4. The number of aromatic nitrogens is 2. The third-order valence-corrected chi connectivity index (χ3v) is 2.23. The third-order valence-electron chi connectivity index (χ3n) is 1.88. The zero-order chi connectivity index (χ0) is 10.8. The lowest BCUT2D eigenvalue weighted by Gasteiger charge is -1.96. The summed E-state index contributed by atoms with van der Waals surface area (Å²) in [6, 6.07) is 2.89. The van der Waals surface area contributed by atoms with Gasteiger partial charge < -0.3 is 14.0 Å². The molecule has 0 bridgehead atoms. The number of aromatic amines is 1. The molecule has 0 fully saturated rings. The molecule has 15 heavy (non-hydrogen) atoms. The molecule has 6 nitrogen and oxygen atoms in total. The van der Waals surface area contributed by atoms with Crippen LogP contribution in [0, 0.1) is 14.9 Å². The molecule has 0 atom stereocenters. The maximum Gasteiger partial charge on any atom is 0.433 e. The lowest BCUT2D eigenvalue weighted by atomic mass is 10.4. The first-order chi connectivity index (χ1) is 7.16. The molecule has 0 amide bonds. The Hall–Kier alpha value is -1.89. The van der Waals surface area contributed by atoms with Crippen molar-refractivity contribution in [3.63, 3.8) is 0 Å². The zero-order valence-corrected chi connectivity index (χ0v) is 8.36. The Bertz CT molecular complexity index is 539. The molecule has 0 saturated carbocycles. The van der Waals surface area contributed by atoms with Crippen LogP contribution in [0.5, 0.6) is 0 Å². The van der Waals surface area contributed by atoms with Gasteiger partial charge in [-0.25, -0.2) is 0 Å². The minimum atomic E-state index is -0.570. The quantitative estimate of drug-likeness (QED) is 0.493. The Balaban J connectivity index is 2.22. The van der Waals surface area contributed by atoms with E-state index in [4.69, 9.17) is 16.6 Å². The molecular weight excluding hydrogens is 218 g/mol. The van der Waals surface area contributed by atoms with E-state index in [9.17, 15) is 10.1 Å². The molecule has 0 aliphatic rings. The van der Waals surface area contributed by atoms with Crippen molar-refractivity contribution in [1.82, 2.24) is 9.55 Å². The summed E-state index contributed by atoms with van der Waals surface area (Å²) in [5.74, 6) is 0.240. The van der Waals surface area contributed by atoms with Gasteiger partial charge in [-0.3, -0.25) is 10.1 Å². The largest absolute Gasteiger partial charge is 0.433 e. The number of furan rings is 1. The van der Waals surface area contributed by atoms with Crippen molar-refractivity contribution in [1.29, 1.82) is 0 Å². The molecule has 0 aliphatic carbocycles. The topological polar surface area (TPSA) is 77.0 Å². The maximum atomic E-state index is 10.4. The molecular formula is C8H7N3O3S. The number of nitrogens with zero attached hydrogens (tertiary/aromatic N) is 2. The molecule has 0 radical (unpaired) electrons. The van der Waals surface area contributed by atoms with Crippen molar-refractivity contribution in [2.75, 3.05) is 0 Å². The van der Waals surface area contributed by atoms with Gasteiger partial charge in [0.15, 0.2) is 4.77 Å². The standard InChI is InChI=1S/C8H7N3O3S/c12-11(13)7-2-1-6(14-7)5-10-4-3-9-8(10)15/h1-4H,5H2,(H,9,15). The maximum absolute atomic E-state index is 10.4. The van der Waals surface area contributed by atoms with Gasteiger partial charge in [-0.1, -0.05) is 0 Å². The number of imidazole rings is 1. The van der Waals surface area contributed by atoms with Crippen molar-refractivity contribution in [2.24, 2.45) is 0 Å². The van der Waals surface area contributed by atoms with Crippen LogP contribution in [0.3, 0.4) is 0 Å². The number of nitro groups is 1. The van der Waals surface area contributed by atoms with Gasteiger partial charge in [-0.05, 0) is 18.3 Å². The predicted octanol–water partition coefficient (Wildman–Crippen LogP) is 2.10. The Labute approximate surface area is 89.3 Å². The number of H-pyrrole nitrogens is 1. The van der Waals surface area contributed by atoms with E-state index in [0.717, 1.165) is 0 Å². The highest BCUT2D eigenvalue weighted by Crippen LogP contribution is 2.16. The number of rotatable bonds is 3. The first-order valence-corrected chi connectivity index (χ1v) is 4.54. The van der Waals surface area contributed by atoms with Crippen molar-refractivity contribution in [2.45, 2.75) is 6.54 Å². The third kappa shape index (κ3) is 1.96. The highest BCUT2D eigenvalue weighted by molar-refractivity contribution is 7.71. The van der Waals surface area contributed by atoms with E-state index in [0.29, 0.717) is 17.1 Å². The van der Waals surface area contributed by atoms with Crippen LogP contribution in [-0.4, -0.2) is 14.5 Å². The van der Waals surface area contributed by atoms with E-state index >= 15 is 0 Å². The van der Waals surface area contributed by atoms with Crippen LogP contribution in [0.4, 0.5) is 5.88 Å². The highest BCUT2D eigenvalue weighted by Gasteiger charge is 2.11. The average molecular weight is 225 g/mol. The van der Waals surface area contributed by atoms with Gasteiger partial charge >= 0.3 is 5.88 Å². The first kappa shape index (κ1) is 9.66. The Morgan fingerprint density at radius 2 is 2.40 bits per heavy atom. The van der Waals surface area contributed by atoms with Gasteiger partial charge in [0.25, 0.3) is 0 Å². The summed E-state index contributed by atoms with van der Waals surface area (Å²) in [6.45, 7) is 0.385. The summed E-state index contributed by atoms with van der Waals surface area (Å²) in [6.07, 6.45) is 3.44. The monoisotopic (exact) mass is 225 g/mol. The Morgan fingerprint density at radius 1 is 1.60 bits per heavy atom. The van der Waals surface area contributed by atoms with Gasteiger partial charge in [0.2, 0.25) is 0 Å². The molecule has 2 aromatic heterocycles. The number of hydrogen-bond donors (Lipinski definition) is 1. The van der Waals surface area contributed by atoms with E-state index in [1.165, 1.54) is 6.07 Å². The fraction of sp³-hybridized carbons (Fsp3) is 0.125. The molecule has 2 aromatic rings. The molecule has 1 N–H and O–H groups in total. The highest BCUT2D eigenvalue weighted by atomic mass is 32.1. The van der Waals surface area contributed by atoms with E-state index in [1.807, 2.05) is 0 Å². The van der Waals surface area contributed by atoms with Crippen LogP contribution in [0.1, 0.15) is 5.76 Å². The molecule has 7 heteroatoms. The van der Waals surface area contributed by atoms with Crippen molar-refractivity contribution in [3.8, 4) is 0 Å². The second-order valence-corrected chi connectivity index (χ2v) is 3.28. The zero-order valence-electron chi connectivity index (χ0n) is 7.54. The lowest BCUT2D eigenvalue weighted by molar-refractivity contribution is -0.402.